The molecule has 0 spiro atoms. The van der Waals surface area contributed by atoms with E-state index in [0.717, 1.165) is 44.3 Å². The summed E-state index contributed by atoms with van der Waals surface area (Å²) < 4.78 is 19.7. The summed E-state index contributed by atoms with van der Waals surface area (Å²) in [5, 5.41) is 4.31. The summed E-state index contributed by atoms with van der Waals surface area (Å²) in [6, 6.07) is 50.3. The number of carbonyl (C=O) groups excluding carboxylic acids is 1. The van der Waals surface area contributed by atoms with Crippen LogP contribution in [0.25, 0.3) is 21.9 Å². The van der Waals surface area contributed by atoms with Crippen molar-refractivity contribution in [2.24, 2.45) is 0 Å². The van der Waals surface area contributed by atoms with Crippen LogP contribution in [0, 0.1) is 0 Å². The zero-order valence-corrected chi connectivity index (χ0v) is 30.0. The van der Waals surface area contributed by atoms with E-state index < -0.39 is 14.4 Å². The van der Waals surface area contributed by atoms with Gasteiger partial charge in [0.1, 0.15) is 18.5 Å². The molecule has 248 valence electrons. The van der Waals surface area contributed by atoms with Crippen molar-refractivity contribution in [3.63, 3.8) is 0 Å². The summed E-state index contributed by atoms with van der Waals surface area (Å²) in [4.78, 5) is 12.4. The molecule has 0 fully saturated rings. The molecule has 5 heteroatoms. The molecule has 49 heavy (non-hydrogen) atoms. The maximum atomic E-state index is 12.4. The molecular formula is C44H44O4Si. The maximum absolute atomic E-state index is 12.4. The van der Waals surface area contributed by atoms with Crippen molar-refractivity contribution in [1.29, 1.82) is 0 Å². The van der Waals surface area contributed by atoms with Crippen LogP contribution >= 0.6 is 0 Å². The van der Waals surface area contributed by atoms with Gasteiger partial charge in [-0.1, -0.05) is 148 Å². The number of esters is 1. The minimum Gasteiger partial charge on any atom is -0.489 e. The molecule has 1 unspecified atom stereocenters. The summed E-state index contributed by atoms with van der Waals surface area (Å²) in [7, 11) is -2.88. The lowest BCUT2D eigenvalue weighted by Gasteiger charge is -2.43. The number of carbonyl (C=O) groups is 1. The molecule has 0 aromatic heterocycles. The number of hydrogen-bond donors (Lipinski definition) is 0. The Morgan fingerprint density at radius 2 is 1.24 bits per heavy atom. The van der Waals surface area contributed by atoms with Crippen molar-refractivity contribution in [2.75, 3.05) is 0 Å². The van der Waals surface area contributed by atoms with Crippen LogP contribution in [0.15, 0.2) is 146 Å². The second-order valence-electron chi connectivity index (χ2n) is 13.6. The zero-order valence-electron chi connectivity index (χ0n) is 29.0. The molecule has 0 radical (unpaired) electrons. The lowest BCUT2D eigenvalue weighted by atomic mass is 9.87. The first-order valence-corrected chi connectivity index (χ1v) is 18.8. The smallest absolute Gasteiger partial charge is 0.303 e. The normalized spacial score (nSPS) is 12.4. The highest BCUT2D eigenvalue weighted by Gasteiger charge is 2.50. The highest BCUT2D eigenvalue weighted by atomic mass is 28.4. The Morgan fingerprint density at radius 1 is 0.694 bits per heavy atom. The van der Waals surface area contributed by atoms with Gasteiger partial charge in [0.05, 0.1) is 6.61 Å². The summed E-state index contributed by atoms with van der Waals surface area (Å²) >= 11 is 0. The van der Waals surface area contributed by atoms with Gasteiger partial charge in [0.25, 0.3) is 8.32 Å². The molecule has 0 aliphatic carbocycles. The van der Waals surface area contributed by atoms with Crippen molar-refractivity contribution in [3.8, 4) is 16.9 Å². The van der Waals surface area contributed by atoms with E-state index in [-0.39, 0.29) is 11.0 Å². The van der Waals surface area contributed by atoms with Gasteiger partial charge < -0.3 is 13.9 Å². The molecule has 1 atom stereocenters. The van der Waals surface area contributed by atoms with Crippen LogP contribution in [0.1, 0.15) is 57.4 Å². The second kappa shape index (κ2) is 14.6. The van der Waals surface area contributed by atoms with Crippen molar-refractivity contribution in [3.05, 3.63) is 162 Å². The van der Waals surface area contributed by atoms with Gasteiger partial charge in [-0.15, -0.1) is 0 Å². The molecule has 0 saturated heterocycles. The van der Waals surface area contributed by atoms with Crippen LogP contribution < -0.4 is 15.1 Å². The summed E-state index contributed by atoms with van der Waals surface area (Å²) in [5.74, 6) is 0.463. The molecule has 0 heterocycles. The molecule has 0 amide bonds. The number of benzene rings is 6. The fourth-order valence-corrected chi connectivity index (χ4v) is 11.6. The van der Waals surface area contributed by atoms with Crippen LogP contribution in [-0.2, 0) is 27.2 Å². The van der Waals surface area contributed by atoms with E-state index in [9.17, 15) is 4.79 Å². The maximum Gasteiger partial charge on any atom is 0.303 e. The third-order valence-electron chi connectivity index (χ3n) is 9.16. The second-order valence-corrected chi connectivity index (χ2v) is 17.9. The minimum atomic E-state index is -2.88. The van der Waals surface area contributed by atoms with E-state index in [1.165, 1.54) is 17.3 Å². The fourth-order valence-electron chi connectivity index (χ4n) is 7.04. The number of hydrogen-bond acceptors (Lipinski definition) is 4. The van der Waals surface area contributed by atoms with Crippen molar-refractivity contribution < 1.29 is 18.7 Å². The van der Waals surface area contributed by atoms with Crippen LogP contribution in [-0.4, -0.2) is 14.3 Å². The highest BCUT2D eigenvalue weighted by molar-refractivity contribution is 6.99. The van der Waals surface area contributed by atoms with Gasteiger partial charge in [0.2, 0.25) is 0 Å². The molecule has 0 aliphatic rings. The predicted molar refractivity (Wildman–Crippen MR) is 203 cm³/mol. The summed E-state index contributed by atoms with van der Waals surface area (Å²) in [6.07, 6.45) is -0.510. The molecule has 0 saturated carbocycles. The van der Waals surface area contributed by atoms with Gasteiger partial charge in [-0.3, -0.25) is 4.79 Å². The van der Waals surface area contributed by atoms with Gasteiger partial charge in [-0.05, 0) is 73.6 Å². The third kappa shape index (κ3) is 7.24. The zero-order chi connectivity index (χ0) is 34.4. The monoisotopic (exact) mass is 664 g/mol. The first-order chi connectivity index (χ1) is 23.7. The SMILES string of the molecule is CC(=O)OC(C)c1c(CO[Si](c2ccccc2)(c2ccccc2)C(C)(C)C)cc2cc(OCc3ccccc3)ccc2c1-c1ccccc1. The topological polar surface area (TPSA) is 44.8 Å². The van der Waals surface area contributed by atoms with Crippen molar-refractivity contribution in [2.45, 2.75) is 59.0 Å². The standard InChI is InChI=1S/C44H44O4Si/c1-32(48-33(2)45)42-37(31-47-49(44(3,4)5,39-22-14-8-15-23-39)40-24-16-9-17-25-40)28-36-29-38(46-30-34-18-10-6-11-19-34)26-27-41(36)43(42)35-20-12-7-13-21-35/h6-29,32H,30-31H2,1-5H3. The summed E-state index contributed by atoms with van der Waals surface area (Å²) in [5.41, 5.74) is 5.12. The van der Waals surface area contributed by atoms with Crippen LogP contribution in [0.5, 0.6) is 5.75 Å². The lowest BCUT2D eigenvalue weighted by Crippen LogP contribution is -2.66. The lowest BCUT2D eigenvalue weighted by molar-refractivity contribution is -0.145. The molecule has 6 rings (SSSR count). The Balaban J connectivity index is 1.55. The molecule has 6 aromatic carbocycles. The number of rotatable bonds is 11. The van der Waals surface area contributed by atoms with Gasteiger partial charge >= 0.3 is 5.97 Å². The molecule has 0 N–H and O–H groups in total. The average Bonchev–Trinajstić information content (AvgIpc) is 3.11. The Morgan fingerprint density at radius 3 is 1.80 bits per heavy atom. The molecule has 6 aromatic rings. The predicted octanol–water partition coefficient (Wildman–Crippen LogP) is 9.79. The van der Waals surface area contributed by atoms with E-state index in [0.29, 0.717) is 13.2 Å². The van der Waals surface area contributed by atoms with E-state index in [1.54, 1.807) is 0 Å². The van der Waals surface area contributed by atoms with Crippen LogP contribution in [0.2, 0.25) is 5.04 Å². The fraction of sp³-hybridized carbons (Fsp3) is 0.205. The first kappa shape index (κ1) is 33.9. The average molecular weight is 665 g/mol. The quantitative estimate of drug-likeness (QED) is 0.102. The van der Waals surface area contributed by atoms with Gasteiger partial charge in [0.15, 0.2) is 0 Å². The van der Waals surface area contributed by atoms with Gasteiger partial charge in [-0.25, -0.2) is 0 Å². The van der Waals surface area contributed by atoms with Crippen molar-refractivity contribution in [1.82, 2.24) is 0 Å². The van der Waals surface area contributed by atoms with Crippen LogP contribution in [0.4, 0.5) is 0 Å². The Kier molecular flexibility index (Phi) is 10.1. The minimum absolute atomic E-state index is 0.199. The van der Waals surface area contributed by atoms with E-state index >= 15 is 0 Å². The Hall–Kier alpha value is -4.97. The van der Waals surface area contributed by atoms with Gasteiger partial charge in [0, 0.05) is 12.5 Å². The van der Waals surface area contributed by atoms with Gasteiger partial charge in [-0.2, -0.15) is 0 Å². The number of ether oxygens (including phenoxy) is 2. The van der Waals surface area contributed by atoms with Crippen LogP contribution in [0.3, 0.4) is 0 Å². The molecule has 4 nitrogen and oxygen atoms in total. The van der Waals surface area contributed by atoms with E-state index in [1.807, 2.05) is 49.4 Å². The molecule has 0 aliphatic heterocycles. The third-order valence-corrected chi connectivity index (χ3v) is 14.1. The molecular weight excluding hydrogens is 621 g/mol. The summed E-state index contributed by atoms with van der Waals surface area (Å²) in [6.45, 7) is 11.1. The molecule has 0 bridgehead atoms. The van der Waals surface area contributed by atoms with E-state index in [2.05, 4.69) is 124 Å². The Labute approximate surface area is 291 Å². The van der Waals surface area contributed by atoms with Crippen molar-refractivity contribution >= 4 is 35.4 Å². The number of fused-ring (bicyclic) bond motifs is 1. The van der Waals surface area contributed by atoms with E-state index in [4.69, 9.17) is 13.9 Å². The largest absolute Gasteiger partial charge is 0.489 e. The highest BCUT2D eigenvalue weighted by Crippen LogP contribution is 2.42. The first-order valence-electron chi connectivity index (χ1n) is 16.9. The Bertz CT molecular complexity index is 1960.